The van der Waals surface area contributed by atoms with Gasteiger partial charge in [-0.15, -0.1) is 0 Å². The Morgan fingerprint density at radius 1 is 1.40 bits per heavy atom. The highest BCUT2D eigenvalue weighted by Crippen LogP contribution is 2.38. The van der Waals surface area contributed by atoms with Gasteiger partial charge in [0.05, 0.1) is 12.7 Å². The monoisotopic (exact) mass is 294 g/mol. The summed E-state index contributed by atoms with van der Waals surface area (Å²) in [7, 11) is 1.62. The minimum absolute atomic E-state index is 0.365. The number of benzene rings is 1. The van der Waals surface area contributed by atoms with Crippen molar-refractivity contribution in [2.45, 2.75) is 26.7 Å². The number of anilines is 1. The maximum absolute atomic E-state index is 6.08. The van der Waals surface area contributed by atoms with Crippen molar-refractivity contribution in [3.05, 3.63) is 29.0 Å². The summed E-state index contributed by atoms with van der Waals surface area (Å²) in [6, 6.07) is 5.42. The van der Waals surface area contributed by atoms with Crippen LogP contribution in [-0.2, 0) is 6.42 Å². The van der Waals surface area contributed by atoms with Crippen LogP contribution in [0, 0.1) is 5.92 Å². The molecule has 5 heteroatoms. The summed E-state index contributed by atoms with van der Waals surface area (Å²) in [4.78, 5) is 0. The number of hydrogen-bond acceptors (Lipinski definition) is 4. The summed E-state index contributed by atoms with van der Waals surface area (Å²) in [6.07, 6.45) is 1.79. The van der Waals surface area contributed by atoms with Crippen molar-refractivity contribution in [2.75, 3.05) is 12.8 Å². The molecule has 20 heavy (non-hydrogen) atoms. The highest BCUT2D eigenvalue weighted by molar-refractivity contribution is 6.31. The second kappa shape index (κ2) is 6.18. The number of methoxy groups -OCH3 is 1. The van der Waals surface area contributed by atoms with Crippen LogP contribution >= 0.6 is 11.6 Å². The topological polar surface area (TPSA) is 61.3 Å². The van der Waals surface area contributed by atoms with Crippen LogP contribution in [-0.4, -0.2) is 12.3 Å². The second-order valence-electron chi connectivity index (χ2n) is 5.14. The van der Waals surface area contributed by atoms with Gasteiger partial charge in [-0.25, -0.2) is 0 Å². The summed E-state index contributed by atoms with van der Waals surface area (Å²) >= 11 is 6.08. The van der Waals surface area contributed by atoms with Crippen molar-refractivity contribution in [3.63, 3.8) is 0 Å². The molecule has 0 fully saturated rings. The van der Waals surface area contributed by atoms with E-state index in [4.69, 9.17) is 26.6 Å². The maximum atomic E-state index is 6.08. The Balaban J connectivity index is 2.46. The number of hydrogen-bond donors (Lipinski definition) is 1. The summed E-state index contributed by atoms with van der Waals surface area (Å²) in [5.41, 5.74) is 7.55. The molecule has 0 bridgehead atoms. The molecule has 0 aliphatic heterocycles. The zero-order valence-corrected chi connectivity index (χ0v) is 12.7. The molecule has 1 aromatic carbocycles. The van der Waals surface area contributed by atoms with Crippen molar-refractivity contribution < 1.29 is 9.26 Å². The molecular weight excluding hydrogens is 276 g/mol. The average molecular weight is 295 g/mol. The summed E-state index contributed by atoms with van der Waals surface area (Å²) in [5.74, 6) is 2.42. The van der Waals surface area contributed by atoms with Crippen molar-refractivity contribution in [1.29, 1.82) is 0 Å². The number of ether oxygens (including phenoxy) is 1. The van der Waals surface area contributed by atoms with Crippen LogP contribution < -0.4 is 10.5 Å². The van der Waals surface area contributed by atoms with E-state index in [-0.39, 0.29) is 0 Å². The molecule has 0 radical (unpaired) electrons. The zero-order valence-electron chi connectivity index (χ0n) is 11.9. The van der Waals surface area contributed by atoms with E-state index >= 15 is 0 Å². The highest BCUT2D eigenvalue weighted by atomic mass is 35.5. The highest BCUT2D eigenvalue weighted by Gasteiger charge is 2.19. The van der Waals surface area contributed by atoms with Gasteiger partial charge in [0, 0.05) is 17.0 Å². The molecule has 2 rings (SSSR count). The first-order valence-electron chi connectivity index (χ1n) is 6.60. The number of halogens is 1. The molecule has 0 aliphatic rings. The van der Waals surface area contributed by atoms with Gasteiger partial charge in [-0.1, -0.05) is 30.6 Å². The molecule has 2 aromatic rings. The molecule has 0 aliphatic carbocycles. The first-order chi connectivity index (χ1) is 9.52. The minimum atomic E-state index is 0.365. The van der Waals surface area contributed by atoms with Gasteiger partial charge in [0.2, 0.25) is 0 Å². The normalized spacial score (nSPS) is 11.1. The van der Waals surface area contributed by atoms with E-state index in [1.807, 2.05) is 12.1 Å². The Morgan fingerprint density at radius 3 is 2.80 bits per heavy atom. The van der Waals surface area contributed by atoms with E-state index in [2.05, 4.69) is 19.0 Å². The van der Waals surface area contributed by atoms with Gasteiger partial charge >= 0.3 is 0 Å². The van der Waals surface area contributed by atoms with Crippen LogP contribution in [0.25, 0.3) is 11.1 Å². The predicted octanol–water partition coefficient (Wildman–Crippen LogP) is 4.17. The third-order valence-electron chi connectivity index (χ3n) is 3.17. The van der Waals surface area contributed by atoms with Gasteiger partial charge in [0.1, 0.15) is 11.5 Å². The number of aromatic nitrogens is 1. The first-order valence-corrected chi connectivity index (χ1v) is 6.98. The third-order valence-corrected chi connectivity index (χ3v) is 3.40. The van der Waals surface area contributed by atoms with Gasteiger partial charge < -0.3 is 15.0 Å². The number of nitrogens with zero attached hydrogens (tertiary/aromatic N) is 1. The van der Waals surface area contributed by atoms with E-state index in [1.165, 1.54) is 0 Å². The van der Waals surface area contributed by atoms with Crippen LogP contribution in [0.4, 0.5) is 5.82 Å². The number of aryl methyl sites for hydroxylation is 1. The number of nitrogen functional groups attached to an aromatic ring is 1. The molecule has 0 amide bonds. The molecule has 0 atom stereocenters. The van der Waals surface area contributed by atoms with Crippen molar-refractivity contribution in [3.8, 4) is 16.9 Å². The SMILES string of the molecule is COc1ccc(Cl)cc1-c1c(N)noc1CCC(C)C. The first kappa shape index (κ1) is 14.7. The smallest absolute Gasteiger partial charge is 0.175 e. The van der Waals surface area contributed by atoms with Gasteiger partial charge in [-0.3, -0.25) is 0 Å². The lowest BCUT2D eigenvalue weighted by Crippen LogP contribution is -1.96. The average Bonchev–Trinajstić information content (AvgIpc) is 2.77. The Hall–Kier alpha value is -1.68. The third kappa shape index (κ3) is 3.07. The Bertz CT molecular complexity index is 594. The van der Waals surface area contributed by atoms with Gasteiger partial charge in [-0.2, -0.15) is 0 Å². The van der Waals surface area contributed by atoms with Crippen molar-refractivity contribution >= 4 is 17.4 Å². The van der Waals surface area contributed by atoms with E-state index in [0.29, 0.717) is 22.5 Å². The molecule has 0 saturated carbocycles. The fraction of sp³-hybridized carbons (Fsp3) is 0.400. The van der Waals surface area contributed by atoms with Crippen molar-refractivity contribution in [1.82, 2.24) is 5.16 Å². The molecular formula is C15H19ClN2O2. The Morgan fingerprint density at radius 2 is 2.15 bits per heavy atom. The molecule has 0 spiro atoms. The van der Waals surface area contributed by atoms with Crippen LogP contribution in [0.3, 0.4) is 0 Å². The summed E-state index contributed by atoms with van der Waals surface area (Å²) in [5, 5.41) is 4.50. The lowest BCUT2D eigenvalue weighted by atomic mass is 9.99. The van der Waals surface area contributed by atoms with Gasteiger partial charge in [0.25, 0.3) is 0 Å². The molecule has 0 unspecified atom stereocenters. The van der Waals surface area contributed by atoms with Crippen LogP contribution in [0.1, 0.15) is 26.0 Å². The van der Waals surface area contributed by atoms with Crippen LogP contribution in [0.2, 0.25) is 5.02 Å². The fourth-order valence-corrected chi connectivity index (χ4v) is 2.26. The number of nitrogens with two attached hydrogens (primary N) is 1. The van der Waals surface area contributed by atoms with E-state index < -0.39 is 0 Å². The van der Waals surface area contributed by atoms with E-state index in [0.717, 1.165) is 29.7 Å². The zero-order chi connectivity index (χ0) is 14.7. The van der Waals surface area contributed by atoms with Gasteiger partial charge in [0.15, 0.2) is 5.82 Å². The standard InChI is InChI=1S/C15H19ClN2O2/c1-9(2)4-6-13-14(15(17)18-20-13)11-8-10(16)5-7-12(11)19-3/h5,7-9H,4,6H2,1-3H3,(H2,17,18). The minimum Gasteiger partial charge on any atom is -0.496 e. The molecule has 0 saturated heterocycles. The molecule has 1 heterocycles. The molecule has 4 nitrogen and oxygen atoms in total. The fourth-order valence-electron chi connectivity index (χ4n) is 2.09. The van der Waals surface area contributed by atoms with E-state index in [1.54, 1.807) is 13.2 Å². The quantitative estimate of drug-likeness (QED) is 0.899. The number of rotatable bonds is 5. The second-order valence-corrected chi connectivity index (χ2v) is 5.58. The molecule has 108 valence electrons. The molecule has 2 N–H and O–H groups in total. The largest absolute Gasteiger partial charge is 0.496 e. The van der Waals surface area contributed by atoms with Crippen molar-refractivity contribution in [2.24, 2.45) is 5.92 Å². The van der Waals surface area contributed by atoms with E-state index in [9.17, 15) is 0 Å². The Kier molecular flexibility index (Phi) is 4.55. The lowest BCUT2D eigenvalue weighted by Gasteiger charge is -2.10. The van der Waals surface area contributed by atoms with Crippen LogP contribution in [0.5, 0.6) is 5.75 Å². The van der Waals surface area contributed by atoms with Crippen LogP contribution in [0.15, 0.2) is 22.7 Å². The summed E-state index contributed by atoms with van der Waals surface area (Å²) in [6.45, 7) is 4.33. The molecule has 1 aromatic heterocycles. The lowest BCUT2D eigenvalue weighted by molar-refractivity contribution is 0.376. The maximum Gasteiger partial charge on any atom is 0.175 e. The van der Waals surface area contributed by atoms with Gasteiger partial charge in [-0.05, 0) is 30.5 Å². The Labute approximate surface area is 123 Å². The predicted molar refractivity (Wildman–Crippen MR) is 81.1 cm³/mol. The summed E-state index contributed by atoms with van der Waals surface area (Å²) < 4.78 is 10.7.